The molecule has 2 heterocycles. The first-order chi connectivity index (χ1) is 14.2. The average Bonchev–Trinajstić information content (AvgIpc) is 3.21. The molecule has 0 bridgehead atoms. The number of hydrogen-bond donors (Lipinski definition) is 3. The molecule has 3 N–H and O–H groups in total. The summed E-state index contributed by atoms with van der Waals surface area (Å²) in [5.74, 6) is 0.765. The van der Waals surface area contributed by atoms with Crippen LogP contribution in [-0.2, 0) is 9.47 Å². The minimum absolute atomic E-state index is 0. The molecule has 30 heavy (non-hydrogen) atoms. The van der Waals surface area contributed by atoms with Crippen LogP contribution >= 0.6 is 35.6 Å². The molecule has 170 valence electrons. The molecule has 0 radical (unpaired) electrons. The Balaban J connectivity index is 0.00000320. The van der Waals surface area contributed by atoms with Crippen LogP contribution in [0.1, 0.15) is 24.4 Å². The van der Waals surface area contributed by atoms with Crippen LogP contribution in [0.3, 0.4) is 0 Å². The lowest BCUT2D eigenvalue weighted by atomic mass is 9.84. The number of hydrogen-bond acceptors (Lipinski definition) is 5. The average molecular weight is 553 g/mol. The van der Waals surface area contributed by atoms with Crippen molar-refractivity contribution in [2.24, 2.45) is 10.4 Å². The fourth-order valence-electron chi connectivity index (χ4n) is 4.03. The Morgan fingerprint density at radius 2 is 1.93 bits per heavy atom. The molecule has 0 aliphatic carbocycles. The molecule has 0 aromatic heterocycles. The molecule has 0 amide bonds. The second-order valence-electron chi connectivity index (χ2n) is 7.80. The van der Waals surface area contributed by atoms with Gasteiger partial charge in [-0.05, 0) is 30.5 Å². The van der Waals surface area contributed by atoms with Crippen molar-refractivity contribution >= 4 is 41.5 Å². The topological polar surface area (TPSA) is 78.4 Å². The molecular formula is C21H34ClIN4O3. The van der Waals surface area contributed by atoms with E-state index in [1.54, 1.807) is 7.05 Å². The lowest BCUT2D eigenvalue weighted by Crippen LogP contribution is -2.48. The third kappa shape index (κ3) is 7.20. The van der Waals surface area contributed by atoms with Gasteiger partial charge in [0.1, 0.15) is 0 Å². The van der Waals surface area contributed by atoms with Gasteiger partial charge in [-0.3, -0.25) is 9.89 Å². The Hall–Kier alpha value is -0.650. The van der Waals surface area contributed by atoms with E-state index in [1.807, 2.05) is 12.1 Å². The maximum Gasteiger partial charge on any atom is 0.191 e. The highest BCUT2D eigenvalue weighted by molar-refractivity contribution is 14.0. The van der Waals surface area contributed by atoms with Gasteiger partial charge in [-0.15, -0.1) is 24.0 Å². The van der Waals surface area contributed by atoms with Gasteiger partial charge in [-0.1, -0.05) is 23.7 Å². The fourth-order valence-corrected chi connectivity index (χ4v) is 4.15. The van der Waals surface area contributed by atoms with Crippen molar-refractivity contribution in [3.05, 3.63) is 34.9 Å². The zero-order valence-electron chi connectivity index (χ0n) is 17.6. The number of guanidine groups is 1. The van der Waals surface area contributed by atoms with Gasteiger partial charge in [0.05, 0.1) is 25.9 Å². The Labute approximate surface area is 201 Å². The van der Waals surface area contributed by atoms with Crippen LogP contribution in [0.5, 0.6) is 0 Å². The molecule has 3 rings (SSSR count). The number of nitrogens with one attached hydrogen (secondary N) is 2. The quantitative estimate of drug-likeness (QED) is 0.261. The monoisotopic (exact) mass is 552 g/mol. The van der Waals surface area contributed by atoms with Crippen molar-refractivity contribution in [1.82, 2.24) is 15.5 Å². The molecule has 2 aliphatic rings. The minimum Gasteiger partial charge on any atom is -0.396 e. The van der Waals surface area contributed by atoms with Gasteiger partial charge in [-0.25, -0.2) is 0 Å². The number of morpholine rings is 1. The van der Waals surface area contributed by atoms with Gasteiger partial charge >= 0.3 is 0 Å². The van der Waals surface area contributed by atoms with E-state index in [-0.39, 0.29) is 42.0 Å². The molecule has 0 saturated carbocycles. The first kappa shape index (κ1) is 25.6. The van der Waals surface area contributed by atoms with Gasteiger partial charge in [0.25, 0.3) is 0 Å². The van der Waals surface area contributed by atoms with Gasteiger partial charge in [0.2, 0.25) is 0 Å². The summed E-state index contributed by atoms with van der Waals surface area (Å²) in [6.45, 7) is 6.37. The largest absolute Gasteiger partial charge is 0.396 e. The maximum atomic E-state index is 9.43. The van der Waals surface area contributed by atoms with Crippen LogP contribution in [0, 0.1) is 5.41 Å². The Morgan fingerprint density at radius 3 is 2.53 bits per heavy atom. The summed E-state index contributed by atoms with van der Waals surface area (Å²) in [7, 11) is 1.78. The Kier molecular flexibility index (Phi) is 11.1. The number of aliphatic imine (C=N–C) groups is 1. The van der Waals surface area contributed by atoms with E-state index in [9.17, 15) is 5.11 Å². The summed E-state index contributed by atoms with van der Waals surface area (Å²) in [6.07, 6.45) is 1.69. The van der Waals surface area contributed by atoms with Crippen molar-refractivity contribution < 1.29 is 14.6 Å². The molecular weight excluding hydrogens is 519 g/mol. The Bertz CT molecular complexity index is 650. The lowest BCUT2D eigenvalue weighted by molar-refractivity contribution is 0.0170. The van der Waals surface area contributed by atoms with Crippen LogP contribution in [0.15, 0.2) is 29.3 Å². The second kappa shape index (κ2) is 13.0. The Morgan fingerprint density at radius 1 is 1.20 bits per heavy atom. The third-order valence-corrected chi connectivity index (χ3v) is 6.14. The van der Waals surface area contributed by atoms with E-state index in [0.29, 0.717) is 6.61 Å². The van der Waals surface area contributed by atoms with Crippen LogP contribution in [-0.4, -0.2) is 82.2 Å². The summed E-state index contributed by atoms with van der Waals surface area (Å²) in [4.78, 5) is 6.83. The summed E-state index contributed by atoms with van der Waals surface area (Å²) in [6, 6.07) is 8.27. The standard InChI is InChI=1S/C21H33ClN4O3.HI/c1-23-20(25-15-21(6-10-27)7-11-29-16-21)24-14-19(26-8-12-28-13-9-26)17-2-4-18(22)5-3-17;/h2-5,19,27H,6-16H2,1H3,(H2,23,24,25);1H. The molecule has 1 aromatic rings. The highest BCUT2D eigenvalue weighted by Gasteiger charge is 2.34. The van der Waals surface area contributed by atoms with Gasteiger partial charge in [-0.2, -0.15) is 0 Å². The van der Waals surface area contributed by atoms with Gasteiger partial charge in [0.15, 0.2) is 5.96 Å². The predicted molar refractivity (Wildman–Crippen MR) is 131 cm³/mol. The summed E-state index contributed by atoms with van der Waals surface area (Å²) < 4.78 is 11.1. The summed E-state index contributed by atoms with van der Waals surface area (Å²) in [5.41, 5.74) is 1.20. The van der Waals surface area contributed by atoms with Gasteiger partial charge < -0.3 is 25.2 Å². The lowest BCUT2D eigenvalue weighted by Gasteiger charge is -2.35. The number of aliphatic hydroxyl groups excluding tert-OH is 1. The number of benzene rings is 1. The van der Waals surface area contributed by atoms with E-state index < -0.39 is 0 Å². The SMILES string of the molecule is CN=C(NCC(c1ccc(Cl)cc1)N1CCOCC1)NCC1(CCO)CCOC1.I. The summed E-state index contributed by atoms with van der Waals surface area (Å²) in [5, 5.41) is 17.1. The van der Waals surface area contributed by atoms with E-state index in [2.05, 4.69) is 32.7 Å². The molecule has 2 saturated heterocycles. The smallest absolute Gasteiger partial charge is 0.191 e. The number of rotatable bonds is 8. The number of nitrogens with zero attached hydrogens (tertiary/aromatic N) is 2. The molecule has 9 heteroatoms. The zero-order valence-corrected chi connectivity index (χ0v) is 20.7. The molecule has 7 nitrogen and oxygen atoms in total. The van der Waals surface area contributed by atoms with Crippen LogP contribution in [0.4, 0.5) is 0 Å². The van der Waals surface area contributed by atoms with Crippen molar-refractivity contribution in [1.29, 1.82) is 0 Å². The van der Waals surface area contributed by atoms with Crippen LogP contribution in [0.25, 0.3) is 0 Å². The number of ether oxygens (including phenoxy) is 2. The molecule has 0 spiro atoms. The van der Waals surface area contributed by atoms with E-state index >= 15 is 0 Å². The van der Waals surface area contributed by atoms with E-state index in [4.69, 9.17) is 21.1 Å². The van der Waals surface area contributed by atoms with E-state index in [1.165, 1.54) is 5.56 Å². The fraction of sp³-hybridized carbons (Fsp3) is 0.667. The zero-order chi connectivity index (χ0) is 20.5. The third-order valence-electron chi connectivity index (χ3n) is 5.89. The van der Waals surface area contributed by atoms with Crippen LogP contribution in [0.2, 0.25) is 5.02 Å². The normalized spacial score (nSPS) is 23.6. The van der Waals surface area contributed by atoms with Crippen molar-refractivity contribution in [3.8, 4) is 0 Å². The highest BCUT2D eigenvalue weighted by Crippen LogP contribution is 2.31. The molecule has 1 aromatic carbocycles. The first-order valence-corrected chi connectivity index (χ1v) is 10.7. The number of aliphatic hydroxyl groups is 1. The highest BCUT2D eigenvalue weighted by atomic mass is 127. The van der Waals surface area contributed by atoms with Crippen molar-refractivity contribution in [2.45, 2.75) is 18.9 Å². The summed E-state index contributed by atoms with van der Waals surface area (Å²) >= 11 is 6.09. The molecule has 2 fully saturated rings. The number of halogens is 2. The second-order valence-corrected chi connectivity index (χ2v) is 8.23. The van der Waals surface area contributed by atoms with Crippen LogP contribution < -0.4 is 10.6 Å². The molecule has 2 aliphatic heterocycles. The molecule has 2 unspecified atom stereocenters. The molecule has 2 atom stereocenters. The maximum absolute atomic E-state index is 9.43. The van der Waals surface area contributed by atoms with E-state index in [0.717, 1.165) is 69.8 Å². The van der Waals surface area contributed by atoms with Crippen molar-refractivity contribution in [3.63, 3.8) is 0 Å². The van der Waals surface area contributed by atoms with Crippen molar-refractivity contribution in [2.75, 3.05) is 66.3 Å². The predicted octanol–water partition coefficient (Wildman–Crippen LogP) is 2.29. The first-order valence-electron chi connectivity index (χ1n) is 10.4. The minimum atomic E-state index is -0.0217. The van der Waals surface area contributed by atoms with Gasteiger partial charge in [0, 0.05) is 56.9 Å².